The van der Waals surface area contributed by atoms with Crippen LogP contribution in [0.15, 0.2) is 37.2 Å². The maximum absolute atomic E-state index is 10.4. The van der Waals surface area contributed by atoms with E-state index in [9.17, 15) is 5.11 Å². The van der Waals surface area contributed by atoms with Crippen LogP contribution in [0.4, 0.5) is 23.1 Å². The van der Waals surface area contributed by atoms with Crippen molar-refractivity contribution in [2.75, 3.05) is 28.8 Å². The van der Waals surface area contributed by atoms with Gasteiger partial charge in [0, 0.05) is 25.3 Å². The molecular weight excluding hydrogens is 452 g/mol. The molecule has 2 N–H and O–H groups in total. The highest BCUT2D eigenvalue weighted by molar-refractivity contribution is 6.33. The van der Waals surface area contributed by atoms with E-state index >= 15 is 0 Å². The van der Waals surface area contributed by atoms with Crippen LogP contribution in [0.25, 0.3) is 5.65 Å². The maximum atomic E-state index is 10.4. The van der Waals surface area contributed by atoms with Gasteiger partial charge in [0.15, 0.2) is 11.5 Å². The van der Waals surface area contributed by atoms with Crippen LogP contribution >= 0.6 is 11.6 Å². The van der Waals surface area contributed by atoms with E-state index in [0.29, 0.717) is 34.1 Å². The van der Waals surface area contributed by atoms with Crippen LogP contribution in [-0.4, -0.2) is 48.9 Å². The lowest BCUT2D eigenvalue weighted by atomic mass is 9.46. The van der Waals surface area contributed by atoms with E-state index in [4.69, 9.17) is 16.6 Å². The van der Waals surface area contributed by atoms with Gasteiger partial charge in [-0.3, -0.25) is 0 Å². The number of nitrogens with zero attached hydrogens (tertiary/aromatic N) is 7. The summed E-state index contributed by atoms with van der Waals surface area (Å²) < 4.78 is 1.66. The molecule has 2 atom stereocenters. The number of hydrogen-bond acceptors (Lipinski definition) is 8. The fourth-order valence-electron chi connectivity index (χ4n) is 7.64. The van der Waals surface area contributed by atoms with Gasteiger partial charge in [0.2, 0.25) is 5.95 Å². The Morgan fingerprint density at radius 2 is 2.03 bits per heavy atom. The summed E-state index contributed by atoms with van der Waals surface area (Å²) in [5.41, 5.74) is 2.24. The highest BCUT2D eigenvalue weighted by Crippen LogP contribution is 2.65. The highest BCUT2D eigenvalue weighted by Gasteiger charge is 2.61. The Bertz CT molecular complexity index is 1320. The second-order valence-electron chi connectivity index (χ2n) is 10.8. The van der Waals surface area contributed by atoms with Crippen LogP contribution in [0, 0.1) is 17.3 Å². The first kappa shape index (κ1) is 20.5. The summed E-state index contributed by atoms with van der Waals surface area (Å²) in [4.78, 5) is 18.2. The number of aliphatic hydroxyl groups excluding tert-OH is 1. The van der Waals surface area contributed by atoms with Crippen LogP contribution in [0.3, 0.4) is 0 Å². The normalized spacial score (nSPS) is 31.6. The Balaban J connectivity index is 1.28. The average Bonchev–Trinajstić information content (AvgIpc) is 3.35. The van der Waals surface area contributed by atoms with E-state index in [-0.39, 0.29) is 17.6 Å². The number of anilines is 4. The van der Waals surface area contributed by atoms with Crippen LogP contribution in [0.2, 0.25) is 5.02 Å². The number of fused-ring (bicyclic) bond motifs is 2. The molecule has 8 rings (SSSR count). The van der Waals surface area contributed by atoms with Crippen molar-refractivity contribution in [1.29, 1.82) is 0 Å². The summed E-state index contributed by atoms with van der Waals surface area (Å²) in [6, 6.07) is 1.76. The number of aliphatic hydroxyl groups is 1. The molecule has 3 aromatic rings. The Morgan fingerprint density at radius 1 is 1.24 bits per heavy atom. The molecule has 176 valence electrons. The Labute approximate surface area is 202 Å². The molecule has 4 aliphatic carbocycles. The first-order valence-corrected chi connectivity index (χ1v) is 12.2. The number of pyridine rings is 1. The quantitative estimate of drug-likeness (QED) is 0.581. The molecule has 34 heavy (non-hydrogen) atoms. The van der Waals surface area contributed by atoms with Crippen molar-refractivity contribution < 1.29 is 5.11 Å². The van der Waals surface area contributed by atoms with Crippen LogP contribution in [0.5, 0.6) is 0 Å². The van der Waals surface area contributed by atoms with Gasteiger partial charge >= 0.3 is 0 Å². The molecule has 5 aliphatic rings. The lowest BCUT2D eigenvalue weighted by molar-refractivity contribution is -0.0921. The lowest BCUT2D eigenvalue weighted by Crippen LogP contribution is -2.64. The molecule has 4 heterocycles. The molecule has 9 nitrogen and oxygen atoms in total. The minimum absolute atomic E-state index is 0.0283. The van der Waals surface area contributed by atoms with E-state index in [1.54, 1.807) is 16.8 Å². The zero-order valence-electron chi connectivity index (χ0n) is 19.1. The molecule has 0 spiro atoms. The van der Waals surface area contributed by atoms with E-state index in [0.717, 1.165) is 49.4 Å². The van der Waals surface area contributed by atoms with Gasteiger partial charge in [0.1, 0.15) is 17.8 Å². The van der Waals surface area contributed by atoms with Crippen molar-refractivity contribution in [2.24, 2.45) is 17.3 Å². The third-order valence-electron chi connectivity index (χ3n) is 8.54. The number of aromatic nitrogens is 5. The summed E-state index contributed by atoms with van der Waals surface area (Å²) in [7, 11) is 2.02. The minimum Gasteiger partial charge on any atom is -0.396 e. The van der Waals surface area contributed by atoms with Gasteiger partial charge in [-0.2, -0.15) is 10.1 Å². The monoisotopic (exact) mass is 478 g/mol. The van der Waals surface area contributed by atoms with Gasteiger partial charge in [-0.05, 0) is 55.8 Å². The largest absolute Gasteiger partial charge is 0.396 e. The summed E-state index contributed by atoms with van der Waals surface area (Å²) in [5, 5.41) is 18.4. The van der Waals surface area contributed by atoms with Crippen molar-refractivity contribution in [3.05, 3.63) is 42.2 Å². The molecule has 0 aromatic carbocycles. The summed E-state index contributed by atoms with van der Waals surface area (Å²) in [5.74, 6) is 3.58. The van der Waals surface area contributed by atoms with Gasteiger partial charge < -0.3 is 20.2 Å². The zero-order chi connectivity index (χ0) is 23.2. The minimum atomic E-state index is -0.0632. The highest BCUT2D eigenvalue weighted by atomic mass is 35.5. The lowest BCUT2D eigenvalue weighted by Gasteiger charge is -2.64. The summed E-state index contributed by atoms with van der Waals surface area (Å²) >= 11 is 6.49. The van der Waals surface area contributed by atoms with Gasteiger partial charge in [0.25, 0.3) is 0 Å². The van der Waals surface area contributed by atoms with Gasteiger partial charge in [0.05, 0.1) is 23.1 Å². The summed E-state index contributed by atoms with van der Waals surface area (Å²) in [6.45, 7) is 4.72. The van der Waals surface area contributed by atoms with Crippen molar-refractivity contribution in [2.45, 2.75) is 44.1 Å². The first-order valence-electron chi connectivity index (χ1n) is 11.9. The van der Waals surface area contributed by atoms with Crippen molar-refractivity contribution >= 4 is 40.4 Å². The number of rotatable bonds is 4. The molecule has 2 unspecified atom stereocenters. The second kappa shape index (κ2) is 6.82. The average molecular weight is 479 g/mol. The Morgan fingerprint density at radius 3 is 2.79 bits per heavy atom. The number of hydrogen-bond donors (Lipinski definition) is 2. The fraction of sp³-hybridized carbons (Fsp3) is 0.500. The van der Waals surface area contributed by atoms with E-state index in [1.165, 1.54) is 12.7 Å². The molecule has 1 aliphatic heterocycles. The zero-order valence-corrected chi connectivity index (χ0v) is 19.8. The molecule has 4 fully saturated rings. The SMILES string of the molecule is C=C1N(C)c2cnc(Nc3cn4ncnc4cc3Cl)nc2N1C12CC3CC(CC(CO)(C3)C1)C2. The van der Waals surface area contributed by atoms with Gasteiger partial charge in [-0.1, -0.05) is 18.2 Å². The maximum Gasteiger partial charge on any atom is 0.229 e. The third kappa shape index (κ3) is 2.77. The molecule has 0 saturated heterocycles. The van der Waals surface area contributed by atoms with E-state index < -0.39 is 0 Å². The molecule has 0 amide bonds. The van der Waals surface area contributed by atoms with Crippen molar-refractivity contribution in [3.8, 4) is 0 Å². The van der Waals surface area contributed by atoms with Gasteiger partial charge in [-0.15, -0.1) is 0 Å². The molecule has 4 saturated carbocycles. The second-order valence-corrected chi connectivity index (χ2v) is 11.2. The molecule has 0 radical (unpaired) electrons. The Hall–Kier alpha value is -2.91. The van der Waals surface area contributed by atoms with Crippen LogP contribution in [-0.2, 0) is 0 Å². The standard InChI is InChI=1S/C24H27ClN8O/c1-14-31(2)19-9-26-22(29-18-10-32-20(4-17(18)25)27-13-28-32)30-21(19)33(14)24-7-15-3-16(8-24)6-23(5-15,11-24)12-34/h4,9-10,13,15-16,34H,1,3,5-8,11-12H2,2H3,(H,26,29,30). The molecule has 10 heteroatoms. The van der Waals surface area contributed by atoms with Crippen molar-refractivity contribution in [1.82, 2.24) is 24.6 Å². The summed E-state index contributed by atoms with van der Waals surface area (Å²) in [6.07, 6.45) is 11.9. The molecular formula is C24H27ClN8O. The fourth-order valence-corrected chi connectivity index (χ4v) is 7.83. The molecule has 3 aromatic heterocycles. The number of nitrogens with one attached hydrogen (secondary N) is 1. The predicted octanol–water partition coefficient (Wildman–Crippen LogP) is 3.98. The predicted molar refractivity (Wildman–Crippen MR) is 130 cm³/mol. The van der Waals surface area contributed by atoms with Crippen LogP contribution < -0.4 is 15.1 Å². The van der Waals surface area contributed by atoms with Crippen LogP contribution in [0.1, 0.15) is 38.5 Å². The number of halogens is 1. The van der Waals surface area contributed by atoms with E-state index in [1.807, 2.05) is 13.2 Å². The van der Waals surface area contributed by atoms with Gasteiger partial charge in [-0.25, -0.2) is 14.5 Å². The van der Waals surface area contributed by atoms with E-state index in [2.05, 4.69) is 36.8 Å². The Kier molecular flexibility index (Phi) is 4.11. The topological polar surface area (TPSA) is 94.7 Å². The van der Waals surface area contributed by atoms with Crippen molar-refractivity contribution in [3.63, 3.8) is 0 Å². The molecule has 4 bridgehead atoms. The first-order chi connectivity index (χ1) is 16.4. The smallest absolute Gasteiger partial charge is 0.229 e. The third-order valence-corrected chi connectivity index (χ3v) is 8.85.